The summed E-state index contributed by atoms with van der Waals surface area (Å²) in [6, 6.07) is 5.19. The van der Waals surface area contributed by atoms with E-state index in [1.165, 1.54) is 11.8 Å². The van der Waals surface area contributed by atoms with Crippen molar-refractivity contribution in [3.8, 4) is 0 Å². The largest absolute Gasteiger partial charge is 0.338 e. The number of aryl methyl sites for hydroxylation is 1. The molecule has 0 N–H and O–H groups in total. The molecule has 0 spiro atoms. The highest BCUT2D eigenvalue weighted by molar-refractivity contribution is 7.98. The van der Waals surface area contributed by atoms with Gasteiger partial charge in [-0.3, -0.25) is 9.36 Å². The van der Waals surface area contributed by atoms with E-state index in [0.717, 1.165) is 12.8 Å². The van der Waals surface area contributed by atoms with E-state index in [9.17, 15) is 4.79 Å². The number of hydrogen-bond donors (Lipinski definition) is 0. The van der Waals surface area contributed by atoms with Gasteiger partial charge in [-0.2, -0.15) is 4.98 Å². The van der Waals surface area contributed by atoms with Crippen molar-refractivity contribution >= 4 is 34.3 Å². The first-order valence-corrected chi connectivity index (χ1v) is 9.98. The number of aromatic nitrogens is 4. The predicted octanol–water partition coefficient (Wildman–Crippen LogP) is 4.33. The Hall–Kier alpha value is -1.86. The zero-order chi connectivity index (χ0) is 18.7. The van der Waals surface area contributed by atoms with Gasteiger partial charge in [0.25, 0.3) is 5.56 Å². The summed E-state index contributed by atoms with van der Waals surface area (Å²) in [6.07, 6.45) is 1.76. The lowest BCUT2D eigenvalue weighted by molar-refractivity contribution is 0.384. The van der Waals surface area contributed by atoms with Gasteiger partial charge < -0.3 is 4.52 Å². The summed E-state index contributed by atoms with van der Waals surface area (Å²) in [5.74, 6) is 2.04. The normalized spacial score (nSPS) is 11.6. The third-order valence-electron chi connectivity index (χ3n) is 3.74. The highest BCUT2D eigenvalue weighted by Crippen LogP contribution is 2.23. The Morgan fingerprint density at radius 3 is 2.85 bits per heavy atom. The molecule has 0 amide bonds. The summed E-state index contributed by atoms with van der Waals surface area (Å²) < 4.78 is 6.98. The molecule has 2 aromatic heterocycles. The molecule has 0 bridgehead atoms. The second kappa shape index (κ2) is 8.22. The van der Waals surface area contributed by atoms with Crippen molar-refractivity contribution in [2.24, 2.45) is 5.92 Å². The monoisotopic (exact) mass is 392 g/mol. The highest BCUT2D eigenvalue weighted by atomic mass is 35.5. The lowest BCUT2D eigenvalue weighted by Crippen LogP contribution is -2.25. The van der Waals surface area contributed by atoms with Gasteiger partial charge in [-0.1, -0.05) is 49.3 Å². The first-order chi connectivity index (χ1) is 12.5. The molecule has 2 heterocycles. The SMILES string of the molecule is CCCc1noc(CSc2nc3ccc(Cl)cc3c(=O)n2CC(C)C)n1. The van der Waals surface area contributed by atoms with Gasteiger partial charge in [0.05, 0.1) is 16.7 Å². The molecule has 6 nitrogen and oxygen atoms in total. The quantitative estimate of drug-likeness (QED) is 0.440. The molecule has 0 aliphatic carbocycles. The molecular weight excluding hydrogens is 372 g/mol. The first-order valence-electron chi connectivity index (χ1n) is 8.62. The zero-order valence-electron chi connectivity index (χ0n) is 15.0. The Kier molecular flexibility index (Phi) is 5.98. The Labute approximate surface area is 161 Å². The minimum absolute atomic E-state index is 0.0779. The lowest BCUT2D eigenvalue weighted by atomic mass is 10.2. The van der Waals surface area contributed by atoms with Crippen LogP contribution < -0.4 is 5.56 Å². The standard InChI is InChI=1S/C18H21ClN4O2S/c1-4-5-15-21-16(25-22-15)10-26-18-20-14-7-6-12(19)8-13(14)17(24)23(18)9-11(2)3/h6-8,11H,4-5,9-10H2,1-3H3. The predicted molar refractivity (Wildman–Crippen MR) is 104 cm³/mol. The van der Waals surface area contributed by atoms with Gasteiger partial charge >= 0.3 is 0 Å². The van der Waals surface area contributed by atoms with Crippen molar-refractivity contribution in [3.05, 3.63) is 45.3 Å². The van der Waals surface area contributed by atoms with Crippen LogP contribution in [0, 0.1) is 5.92 Å². The van der Waals surface area contributed by atoms with Crippen LogP contribution in [0.5, 0.6) is 0 Å². The van der Waals surface area contributed by atoms with Gasteiger partial charge in [-0.05, 0) is 30.5 Å². The van der Waals surface area contributed by atoms with E-state index in [1.807, 2.05) is 0 Å². The summed E-state index contributed by atoms with van der Waals surface area (Å²) in [4.78, 5) is 22.0. The molecule has 8 heteroatoms. The van der Waals surface area contributed by atoms with Crippen molar-refractivity contribution in [1.82, 2.24) is 19.7 Å². The smallest absolute Gasteiger partial charge is 0.262 e. The van der Waals surface area contributed by atoms with E-state index in [1.54, 1.807) is 22.8 Å². The molecule has 0 aliphatic rings. The fraction of sp³-hybridized carbons (Fsp3) is 0.444. The molecule has 0 fully saturated rings. The minimum atomic E-state index is -0.0779. The Bertz CT molecular complexity index is 967. The zero-order valence-corrected chi connectivity index (χ0v) is 16.6. The third kappa shape index (κ3) is 4.27. The van der Waals surface area contributed by atoms with Gasteiger partial charge in [0, 0.05) is 18.0 Å². The van der Waals surface area contributed by atoms with E-state index in [0.29, 0.717) is 51.0 Å². The van der Waals surface area contributed by atoms with Crippen LogP contribution in [-0.4, -0.2) is 19.7 Å². The summed E-state index contributed by atoms with van der Waals surface area (Å²) in [5, 5.41) is 5.67. The summed E-state index contributed by atoms with van der Waals surface area (Å²) in [5.41, 5.74) is 0.560. The number of benzene rings is 1. The first kappa shape index (κ1) is 18.9. The average molecular weight is 393 g/mol. The maximum Gasteiger partial charge on any atom is 0.262 e. The van der Waals surface area contributed by atoms with Crippen molar-refractivity contribution in [3.63, 3.8) is 0 Å². The summed E-state index contributed by atoms with van der Waals surface area (Å²) in [7, 11) is 0. The Morgan fingerprint density at radius 1 is 1.31 bits per heavy atom. The minimum Gasteiger partial charge on any atom is -0.338 e. The molecule has 0 unspecified atom stereocenters. The van der Waals surface area contributed by atoms with Crippen molar-refractivity contribution < 1.29 is 4.52 Å². The fourth-order valence-electron chi connectivity index (χ4n) is 2.61. The second-order valence-corrected chi connectivity index (χ2v) is 7.89. The molecule has 1 aromatic carbocycles. The van der Waals surface area contributed by atoms with Crippen LogP contribution in [0.2, 0.25) is 5.02 Å². The lowest BCUT2D eigenvalue weighted by Gasteiger charge is -2.14. The number of halogens is 1. The summed E-state index contributed by atoms with van der Waals surface area (Å²) in [6.45, 7) is 6.79. The second-order valence-electron chi connectivity index (χ2n) is 6.51. The Balaban J connectivity index is 1.94. The fourth-order valence-corrected chi connectivity index (χ4v) is 3.63. The molecular formula is C18H21ClN4O2S. The molecule has 0 saturated carbocycles. The van der Waals surface area contributed by atoms with Crippen LogP contribution >= 0.6 is 23.4 Å². The van der Waals surface area contributed by atoms with Crippen LogP contribution in [0.25, 0.3) is 10.9 Å². The highest BCUT2D eigenvalue weighted by Gasteiger charge is 2.15. The number of thioether (sulfide) groups is 1. The number of hydrogen-bond acceptors (Lipinski definition) is 6. The molecule has 0 radical (unpaired) electrons. The molecule has 3 aromatic rings. The van der Waals surface area contributed by atoms with E-state index in [-0.39, 0.29) is 5.56 Å². The van der Waals surface area contributed by atoms with E-state index in [4.69, 9.17) is 16.1 Å². The number of fused-ring (bicyclic) bond motifs is 1. The Morgan fingerprint density at radius 2 is 2.12 bits per heavy atom. The molecule has 0 atom stereocenters. The van der Waals surface area contributed by atoms with Crippen LogP contribution in [-0.2, 0) is 18.7 Å². The topological polar surface area (TPSA) is 73.8 Å². The van der Waals surface area contributed by atoms with E-state index < -0.39 is 0 Å². The average Bonchev–Trinajstić information content (AvgIpc) is 3.04. The third-order valence-corrected chi connectivity index (χ3v) is 4.93. The van der Waals surface area contributed by atoms with E-state index in [2.05, 4.69) is 35.9 Å². The van der Waals surface area contributed by atoms with Gasteiger partial charge in [-0.15, -0.1) is 0 Å². The molecule has 26 heavy (non-hydrogen) atoms. The van der Waals surface area contributed by atoms with Gasteiger partial charge in [0.2, 0.25) is 5.89 Å². The van der Waals surface area contributed by atoms with Gasteiger partial charge in [0.15, 0.2) is 11.0 Å². The maximum absolute atomic E-state index is 12.9. The van der Waals surface area contributed by atoms with E-state index >= 15 is 0 Å². The van der Waals surface area contributed by atoms with Crippen LogP contribution in [0.4, 0.5) is 0 Å². The maximum atomic E-state index is 12.9. The van der Waals surface area contributed by atoms with Crippen molar-refractivity contribution in [2.45, 2.75) is 51.1 Å². The molecule has 0 aliphatic heterocycles. The molecule has 0 saturated heterocycles. The number of rotatable bonds is 7. The molecule has 3 rings (SSSR count). The van der Waals surface area contributed by atoms with Crippen molar-refractivity contribution in [2.75, 3.05) is 0 Å². The van der Waals surface area contributed by atoms with Crippen molar-refractivity contribution in [1.29, 1.82) is 0 Å². The number of nitrogens with zero attached hydrogens (tertiary/aromatic N) is 4. The van der Waals surface area contributed by atoms with Gasteiger partial charge in [-0.25, -0.2) is 4.98 Å². The van der Waals surface area contributed by atoms with Crippen LogP contribution in [0.15, 0.2) is 32.7 Å². The van der Waals surface area contributed by atoms with Crippen LogP contribution in [0.1, 0.15) is 38.9 Å². The van der Waals surface area contributed by atoms with Gasteiger partial charge in [0.1, 0.15) is 0 Å². The van der Waals surface area contributed by atoms with Crippen LogP contribution in [0.3, 0.4) is 0 Å². The molecule has 138 valence electrons. The summed E-state index contributed by atoms with van der Waals surface area (Å²) >= 11 is 7.48.